The number of carbonyl (C=O) groups is 1. The van der Waals surface area contributed by atoms with Crippen LogP contribution in [0.4, 0.5) is 5.69 Å². The van der Waals surface area contributed by atoms with Crippen molar-refractivity contribution in [2.45, 2.75) is 0 Å². The summed E-state index contributed by atoms with van der Waals surface area (Å²) in [6.45, 7) is 0.818. The van der Waals surface area contributed by atoms with Crippen LogP contribution >= 0.6 is 15.9 Å². The lowest BCUT2D eigenvalue weighted by molar-refractivity contribution is 0.0955. The summed E-state index contributed by atoms with van der Waals surface area (Å²) in [6, 6.07) is 5.99. The van der Waals surface area contributed by atoms with Gasteiger partial charge in [-0.2, -0.15) is 5.10 Å². The monoisotopic (exact) mass is 366 g/mol. The number of benzene rings is 1. The predicted molar refractivity (Wildman–Crippen MR) is 86.1 cm³/mol. The molecule has 0 aliphatic heterocycles. The van der Waals surface area contributed by atoms with E-state index < -0.39 is 0 Å². The molecule has 22 heavy (non-hydrogen) atoms. The number of rotatable bonds is 5. The average molecular weight is 367 g/mol. The molecule has 0 unspecified atom stereocenters. The van der Waals surface area contributed by atoms with Gasteiger partial charge in [-0.05, 0) is 40.2 Å². The van der Waals surface area contributed by atoms with Crippen molar-refractivity contribution in [1.82, 2.24) is 15.1 Å². The first kappa shape index (κ1) is 16.0. The summed E-state index contributed by atoms with van der Waals surface area (Å²) < 4.78 is 1.62. The van der Waals surface area contributed by atoms with Gasteiger partial charge in [0.05, 0.1) is 11.9 Å². The zero-order valence-electron chi connectivity index (χ0n) is 11.8. The Morgan fingerprint density at radius 2 is 2.00 bits per heavy atom. The van der Waals surface area contributed by atoms with E-state index in [2.05, 4.69) is 31.7 Å². The van der Waals surface area contributed by atoms with Gasteiger partial charge in [0.2, 0.25) is 0 Å². The van der Waals surface area contributed by atoms with E-state index in [0.717, 1.165) is 0 Å². The van der Waals surface area contributed by atoms with Gasteiger partial charge >= 0.3 is 0 Å². The van der Waals surface area contributed by atoms with Crippen LogP contribution in [0.15, 0.2) is 39.7 Å². The highest BCUT2D eigenvalue weighted by Gasteiger charge is 2.07. The van der Waals surface area contributed by atoms with Gasteiger partial charge in [-0.25, -0.2) is 4.68 Å². The van der Waals surface area contributed by atoms with Crippen molar-refractivity contribution >= 4 is 27.5 Å². The standard InChI is InChI=1S/C14H15BrN4O3/c1-19-14(22)12(15)11(8-18-19)16-6-7-17-13(21)9-2-4-10(20)5-3-9/h2-5,8,16,20H,6-7H2,1H3,(H,17,21). The van der Waals surface area contributed by atoms with E-state index in [0.29, 0.717) is 28.8 Å². The minimum Gasteiger partial charge on any atom is -0.508 e. The Hall–Kier alpha value is -2.35. The maximum Gasteiger partial charge on any atom is 0.282 e. The number of nitrogens with one attached hydrogen (secondary N) is 2. The summed E-state index contributed by atoms with van der Waals surface area (Å²) in [5.41, 5.74) is 0.800. The Morgan fingerprint density at radius 1 is 1.32 bits per heavy atom. The molecule has 1 amide bonds. The number of carbonyl (C=O) groups excluding carboxylic acids is 1. The lowest BCUT2D eigenvalue weighted by atomic mass is 10.2. The van der Waals surface area contributed by atoms with Crippen LogP contribution < -0.4 is 16.2 Å². The summed E-state index contributed by atoms with van der Waals surface area (Å²) in [7, 11) is 1.56. The molecule has 0 fully saturated rings. The molecule has 0 saturated heterocycles. The summed E-state index contributed by atoms with van der Waals surface area (Å²) >= 11 is 3.21. The van der Waals surface area contributed by atoms with E-state index in [1.54, 1.807) is 19.2 Å². The van der Waals surface area contributed by atoms with E-state index >= 15 is 0 Å². The first-order chi connectivity index (χ1) is 10.5. The quantitative estimate of drug-likeness (QED) is 0.688. The largest absolute Gasteiger partial charge is 0.508 e. The summed E-state index contributed by atoms with van der Waals surface area (Å²) in [5.74, 6) is -0.121. The first-order valence-electron chi connectivity index (χ1n) is 6.52. The van der Waals surface area contributed by atoms with Crippen LogP contribution in [0.25, 0.3) is 0 Å². The van der Waals surface area contributed by atoms with E-state index in [9.17, 15) is 9.59 Å². The van der Waals surface area contributed by atoms with Crippen LogP contribution in [0.3, 0.4) is 0 Å². The summed E-state index contributed by atoms with van der Waals surface area (Å²) in [4.78, 5) is 23.5. The van der Waals surface area contributed by atoms with Gasteiger partial charge < -0.3 is 15.7 Å². The van der Waals surface area contributed by atoms with Crippen LogP contribution in [0.5, 0.6) is 5.75 Å². The zero-order valence-corrected chi connectivity index (χ0v) is 13.4. The highest BCUT2D eigenvalue weighted by Crippen LogP contribution is 2.15. The zero-order chi connectivity index (χ0) is 16.1. The fourth-order valence-electron chi connectivity index (χ4n) is 1.72. The highest BCUT2D eigenvalue weighted by atomic mass is 79.9. The van der Waals surface area contributed by atoms with E-state index in [-0.39, 0.29) is 17.2 Å². The van der Waals surface area contributed by atoms with Gasteiger partial charge in [-0.1, -0.05) is 0 Å². The van der Waals surface area contributed by atoms with Crippen LogP contribution in [0.2, 0.25) is 0 Å². The number of amides is 1. The molecule has 3 N–H and O–H groups in total. The number of aromatic hydroxyl groups is 1. The van der Waals surface area contributed by atoms with Crippen molar-refractivity contribution in [1.29, 1.82) is 0 Å². The van der Waals surface area contributed by atoms with Crippen LogP contribution in [-0.4, -0.2) is 33.9 Å². The van der Waals surface area contributed by atoms with Crippen LogP contribution in [0.1, 0.15) is 10.4 Å². The Kier molecular flexibility index (Phi) is 5.16. The Bertz CT molecular complexity index is 728. The number of anilines is 1. The van der Waals surface area contributed by atoms with Gasteiger partial charge in [-0.3, -0.25) is 9.59 Å². The second-order valence-corrected chi connectivity index (χ2v) is 5.32. The lowest BCUT2D eigenvalue weighted by Gasteiger charge is -2.09. The minimum absolute atomic E-state index is 0.112. The molecule has 0 radical (unpaired) electrons. The van der Waals surface area contributed by atoms with Gasteiger partial charge in [0.1, 0.15) is 10.2 Å². The molecule has 0 aliphatic carbocycles. The van der Waals surface area contributed by atoms with Crippen molar-refractivity contribution in [2.24, 2.45) is 7.05 Å². The Balaban J connectivity index is 1.85. The van der Waals surface area contributed by atoms with Crippen molar-refractivity contribution in [3.63, 3.8) is 0 Å². The molecule has 116 valence electrons. The van der Waals surface area contributed by atoms with Gasteiger partial charge in [0.15, 0.2) is 0 Å². The van der Waals surface area contributed by atoms with Gasteiger partial charge in [-0.15, -0.1) is 0 Å². The molecule has 1 aromatic carbocycles. The topological polar surface area (TPSA) is 96.2 Å². The number of aryl methyl sites for hydroxylation is 1. The fraction of sp³-hybridized carbons (Fsp3) is 0.214. The second kappa shape index (κ2) is 7.08. The highest BCUT2D eigenvalue weighted by molar-refractivity contribution is 9.10. The third kappa shape index (κ3) is 3.85. The molecule has 0 saturated carbocycles. The van der Waals surface area contributed by atoms with Crippen molar-refractivity contribution in [2.75, 3.05) is 18.4 Å². The number of nitrogens with zero attached hydrogens (tertiary/aromatic N) is 2. The van der Waals surface area contributed by atoms with E-state index in [1.807, 2.05) is 0 Å². The summed E-state index contributed by atoms with van der Waals surface area (Å²) in [6.07, 6.45) is 1.53. The third-order valence-electron chi connectivity index (χ3n) is 2.93. The molecule has 0 atom stereocenters. The Morgan fingerprint density at radius 3 is 2.68 bits per heavy atom. The number of hydrogen-bond donors (Lipinski definition) is 3. The second-order valence-electron chi connectivity index (χ2n) is 4.53. The number of phenolic OH excluding ortho intramolecular Hbond substituents is 1. The number of hydrogen-bond acceptors (Lipinski definition) is 5. The molecule has 1 heterocycles. The first-order valence-corrected chi connectivity index (χ1v) is 7.31. The van der Waals surface area contributed by atoms with E-state index in [4.69, 9.17) is 5.11 Å². The lowest BCUT2D eigenvalue weighted by Crippen LogP contribution is -2.29. The molecule has 1 aromatic heterocycles. The normalized spacial score (nSPS) is 10.3. The molecule has 0 spiro atoms. The smallest absolute Gasteiger partial charge is 0.282 e. The van der Waals surface area contributed by atoms with E-state index in [1.165, 1.54) is 23.0 Å². The molecular weight excluding hydrogens is 352 g/mol. The van der Waals surface area contributed by atoms with Crippen molar-refractivity contribution in [3.8, 4) is 5.75 Å². The summed E-state index contributed by atoms with van der Waals surface area (Å²) in [5, 5.41) is 18.8. The number of aromatic nitrogens is 2. The molecular formula is C14H15BrN4O3. The molecule has 2 aromatic rings. The minimum atomic E-state index is -0.238. The number of halogens is 1. The molecule has 0 bridgehead atoms. The van der Waals surface area contributed by atoms with Crippen molar-refractivity contribution < 1.29 is 9.90 Å². The molecule has 2 rings (SSSR count). The number of phenols is 1. The van der Waals surface area contributed by atoms with Crippen LogP contribution in [0, 0.1) is 0 Å². The molecule has 0 aliphatic rings. The van der Waals surface area contributed by atoms with Gasteiger partial charge in [0, 0.05) is 25.7 Å². The third-order valence-corrected chi connectivity index (χ3v) is 3.70. The molecule has 7 nitrogen and oxygen atoms in total. The maximum atomic E-state index is 11.8. The maximum absolute atomic E-state index is 11.8. The van der Waals surface area contributed by atoms with Crippen LogP contribution in [-0.2, 0) is 7.05 Å². The SMILES string of the molecule is Cn1ncc(NCCNC(=O)c2ccc(O)cc2)c(Br)c1=O. The van der Waals surface area contributed by atoms with Gasteiger partial charge in [0.25, 0.3) is 11.5 Å². The fourth-order valence-corrected chi connectivity index (χ4v) is 2.22. The Labute approximate surface area is 135 Å². The molecule has 8 heteroatoms. The predicted octanol–water partition coefficient (Wildman–Crippen LogP) is 1.09. The van der Waals surface area contributed by atoms with Crippen molar-refractivity contribution in [3.05, 3.63) is 50.9 Å². The average Bonchev–Trinajstić information content (AvgIpc) is 2.51.